The predicted octanol–water partition coefficient (Wildman–Crippen LogP) is 3.64. The Balaban J connectivity index is 1.51. The number of benzene rings is 1. The van der Waals surface area contributed by atoms with Crippen LogP contribution in [0.1, 0.15) is 30.3 Å². The van der Waals surface area contributed by atoms with Crippen LogP contribution in [0.2, 0.25) is 0 Å². The second kappa shape index (κ2) is 7.07. The fourth-order valence-corrected chi connectivity index (χ4v) is 3.38. The molecule has 1 fully saturated rings. The topological polar surface area (TPSA) is 71.0 Å². The maximum Gasteiger partial charge on any atom is 0.274 e. The second-order valence-electron chi connectivity index (χ2n) is 6.79. The zero-order valence-electron chi connectivity index (χ0n) is 14.7. The summed E-state index contributed by atoms with van der Waals surface area (Å²) in [6.45, 7) is 3.77. The Kier molecular flexibility index (Phi) is 4.48. The summed E-state index contributed by atoms with van der Waals surface area (Å²) in [4.78, 5) is 27.6. The number of likely N-dealkylation sites (tertiary alicyclic amines) is 1. The lowest BCUT2D eigenvalue weighted by Gasteiger charge is -2.30. The fraction of sp³-hybridized carbons (Fsp3) is 0.300. The van der Waals surface area contributed by atoms with Crippen LogP contribution >= 0.6 is 0 Å². The van der Waals surface area contributed by atoms with E-state index in [2.05, 4.69) is 27.2 Å². The lowest BCUT2D eigenvalue weighted by molar-refractivity contribution is 0.0676. The minimum absolute atomic E-state index is 0.0394. The van der Waals surface area contributed by atoms with E-state index in [1.165, 1.54) is 6.42 Å². The van der Waals surface area contributed by atoms with Crippen molar-refractivity contribution in [1.29, 1.82) is 0 Å². The largest absolute Gasteiger partial charge is 0.337 e. The van der Waals surface area contributed by atoms with Gasteiger partial charge in [-0.1, -0.05) is 25.1 Å². The van der Waals surface area contributed by atoms with Crippen molar-refractivity contribution < 1.29 is 4.79 Å². The third-order valence-electron chi connectivity index (χ3n) is 4.71. The molecular weight excluding hydrogens is 326 g/mol. The average Bonchev–Trinajstić information content (AvgIpc) is 2.68. The van der Waals surface area contributed by atoms with Crippen LogP contribution in [0, 0.1) is 5.92 Å². The highest BCUT2D eigenvalue weighted by molar-refractivity contribution is 5.93. The van der Waals surface area contributed by atoms with E-state index in [0.717, 1.165) is 36.1 Å². The number of para-hydroxylation sites is 1. The number of anilines is 2. The summed E-state index contributed by atoms with van der Waals surface area (Å²) in [6.07, 6.45) is 7.14. The van der Waals surface area contributed by atoms with Gasteiger partial charge in [-0.3, -0.25) is 9.78 Å². The van der Waals surface area contributed by atoms with Crippen molar-refractivity contribution in [2.75, 3.05) is 18.4 Å². The van der Waals surface area contributed by atoms with Crippen molar-refractivity contribution >= 4 is 28.3 Å². The van der Waals surface area contributed by atoms with E-state index in [0.29, 0.717) is 17.4 Å². The van der Waals surface area contributed by atoms with Crippen molar-refractivity contribution in [2.45, 2.75) is 19.8 Å². The first kappa shape index (κ1) is 16.4. The molecule has 6 heteroatoms. The van der Waals surface area contributed by atoms with Crippen molar-refractivity contribution in [3.8, 4) is 0 Å². The minimum Gasteiger partial charge on any atom is -0.337 e. The third kappa shape index (κ3) is 3.35. The first-order valence-corrected chi connectivity index (χ1v) is 8.93. The normalized spacial score (nSPS) is 17.3. The van der Waals surface area contributed by atoms with E-state index in [-0.39, 0.29) is 5.91 Å². The number of hydrogen-bond acceptors (Lipinski definition) is 5. The quantitative estimate of drug-likeness (QED) is 0.783. The SMILES string of the molecule is CC1CCCN(C(=O)c2cnc(Nc3cccc4cccnc34)cn2)C1. The van der Waals surface area contributed by atoms with Gasteiger partial charge in [-0.05, 0) is 30.9 Å². The first-order chi connectivity index (χ1) is 12.7. The molecule has 1 saturated heterocycles. The number of hydrogen-bond donors (Lipinski definition) is 1. The highest BCUT2D eigenvalue weighted by Gasteiger charge is 2.23. The number of nitrogens with zero attached hydrogens (tertiary/aromatic N) is 4. The summed E-state index contributed by atoms with van der Waals surface area (Å²) in [7, 11) is 0. The number of amides is 1. The molecule has 132 valence electrons. The van der Waals surface area contributed by atoms with Gasteiger partial charge in [0.2, 0.25) is 0 Å². The number of piperidine rings is 1. The molecule has 0 bridgehead atoms. The molecule has 26 heavy (non-hydrogen) atoms. The van der Waals surface area contributed by atoms with Gasteiger partial charge in [0.05, 0.1) is 23.6 Å². The predicted molar refractivity (Wildman–Crippen MR) is 101 cm³/mol. The molecule has 1 amide bonds. The Morgan fingerprint density at radius 3 is 2.85 bits per heavy atom. The molecule has 0 radical (unpaired) electrons. The summed E-state index contributed by atoms with van der Waals surface area (Å²) in [5, 5.41) is 4.29. The molecule has 0 aliphatic carbocycles. The molecule has 4 rings (SSSR count). The van der Waals surface area contributed by atoms with Gasteiger partial charge in [-0.15, -0.1) is 0 Å². The van der Waals surface area contributed by atoms with Crippen LogP contribution in [-0.4, -0.2) is 38.8 Å². The average molecular weight is 347 g/mol. The zero-order valence-corrected chi connectivity index (χ0v) is 14.7. The summed E-state index contributed by atoms with van der Waals surface area (Å²) < 4.78 is 0. The number of carbonyl (C=O) groups is 1. The fourth-order valence-electron chi connectivity index (χ4n) is 3.38. The molecule has 1 atom stereocenters. The van der Waals surface area contributed by atoms with Crippen molar-refractivity contribution in [1.82, 2.24) is 19.9 Å². The van der Waals surface area contributed by atoms with Gasteiger partial charge < -0.3 is 10.2 Å². The van der Waals surface area contributed by atoms with Gasteiger partial charge in [-0.25, -0.2) is 9.97 Å². The number of rotatable bonds is 3. The molecule has 1 aliphatic rings. The Morgan fingerprint density at radius 2 is 2.04 bits per heavy atom. The van der Waals surface area contributed by atoms with Crippen LogP contribution in [0.25, 0.3) is 10.9 Å². The van der Waals surface area contributed by atoms with Crippen LogP contribution in [-0.2, 0) is 0 Å². The van der Waals surface area contributed by atoms with Gasteiger partial charge in [0.1, 0.15) is 11.5 Å². The zero-order chi connectivity index (χ0) is 17.9. The van der Waals surface area contributed by atoms with E-state index in [1.54, 1.807) is 18.6 Å². The summed E-state index contributed by atoms with van der Waals surface area (Å²) in [5.74, 6) is 1.09. The molecular formula is C20H21N5O. The molecule has 3 aromatic rings. The van der Waals surface area contributed by atoms with E-state index < -0.39 is 0 Å². The summed E-state index contributed by atoms with van der Waals surface area (Å²) in [5.41, 5.74) is 2.13. The molecule has 1 unspecified atom stereocenters. The van der Waals surface area contributed by atoms with E-state index >= 15 is 0 Å². The second-order valence-corrected chi connectivity index (χ2v) is 6.79. The molecule has 0 saturated carbocycles. The van der Waals surface area contributed by atoms with Crippen LogP contribution in [0.5, 0.6) is 0 Å². The summed E-state index contributed by atoms with van der Waals surface area (Å²) in [6, 6.07) is 9.86. The van der Waals surface area contributed by atoms with Gasteiger partial charge in [0.25, 0.3) is 5.91 Å². The maximum absolute atomic E-state index is 12.6. The van der Waals surface area contributed by atoms with Gasteiger partial charge in [0.15, 0.2) is 0 Å². The number of nitrogens with one attached hydrogen (secondary N) is 1. The van der Waals surface area contributed by atoms with Gasteiger partial charge in [-0.2, -0.15) is 0 Å². The molecule has 1 aliphatic heterocycles. The molecule has 1 aromatic carbocycles. The lowest BCUT2D eigenvalue weighted by atomic mass is 10.0. The van der Waals surface area contributed by atoms with Crippen LogP contribution in [0.15, 0.2) is 48.9 Å². The highest BCUT2D eigenvalue weighted by Crippen LogP contribution is 2.23. The van der Waals surface area contributed by atoms with E-state index in [1.807, 2.05) is 35.2 Å². The number of fused-ring (bicyclic) bond motifs is 1. The standard InChI is InChI=1S/C20H21N5O/c1-14-5-4-10-25(13-14)20(26)17-11-23-18(12-22-17)24-16-8-2-6-15-7-3-9-21-19(15)16/h2-3,6-9,11-12,14H,4-5,10,13H2,1H3,(H,23,24). The van der Waals surface area contributed by atoms with Crippen molar-refractivity contribution in [3.63, 3.8) is 0 Å². The van der Waals surface area contributed by atoms with E-state index in [9.17, 15) is 4.79 Å². The van der Waals surface area contributed by atoms with Gasteiger partial charge in [0, 0.05) is 24.7 Å². The third-order valence-corrected chi connectivity index (χ3v) is 4.71. The van der Waals surface area contributed by atoms with Crippen LogP contribution in [0.3, 0.4) is 0 Å². The van der Waals surface area contributed by atoms with Gasteiger partial charge >= 0.3 is 0 Å². The van der Waals surface area contributed by atoms with Crippen molar-refractivity contribution in [2.24, 2.45) is 5.92 Å². The molecule has 6 nitrogen and oxygen atoms in total. The van der Waals surface area contributed by atoms with E-state index in [4.69, 9.17) is 0 Å². The maximum atomic E-state index is 12.6. The number of aromatic nitrogens is 3. The van der Waals surface area contributed by atoms with Crippen molar-refractivity contribution in [3.05, 3.63) is 54.6 Å². The molecule has 2 aromatic heterocycles. The lowest BCUT2D eigenvalue weighted by Crippen LogP contribution is -2.39. The molecule has 3 heterocycles. The minimum atomic E-state index is -0.0394. The molecule has 0 spiro atoms. The highest BCUT2D eigenvalue weighted by atomic mass is 16.2. The summed E-state index contributed by atoms with van der Waals surface area (Å²) >= 11 is 0. The number of carbonyl (C=O) groups excluding carboxylic acids is 1. The smallest absolute Gasteiger partial charge is 0.274 e. The molecule has 1 N–H and O–H groups in total. The van der Waals surface area contributed by atoms with Crippen LogP contribution < -0.4 is 5.32 Å². The Morgan fingerprint density at radius 1 is 1.15 bits per heavy atom. The number of pyridine rings is 1. The Hall–Kier alpha value is -3.02. The Labute approximate surface area is 152 Å². The van der Waals surface area contributed by atoms with Crippen LogP contribution in [0.4, 0.5) is 11.5 Å². The Bertz CT molecular complexity index is 920. The first-order valence-electron chi connectivity index (χ1n) is 8.93. The monoisotopic (exact) mass is 347 g/mol.